The number of benzene rings is 2. The van der Waals surface area contributed by atoms with Crippen molar-refractivity contribution in [1.29, 1.82) is 0 Å². The summed E-state index contributed by atoms with van der Waals surface area (Å²) in [4.78, 5) is 6.92. The number of fused-ring (bicyclic) bond motifs is 1. The van der Waals surface area contributed by atoms with E-state index < -0.39 is 0 Å². The Bertz CT molecular complexity index is 880. The van der Waals surface area contributed by atoms with Crippen molar-refractivity contribution in [1.82, 2.24) is 4.98 Å². The second-order valence-electron chi connectivity index (χ2n) is 6.62. The van der Waals surface area contributed by atoms with Gasteiger partial charge in [0.25, 0.3) is 0 Å². The van der Waals surface area contributed by atoms with Crippen LogP contribution in [-0.4, -0.2) is 29.3 Å². The van der Waals surface area contributed by atoms with E-state index in [1.165, 1.54) is 0 Å². The maximum Gasteiger partial charge on any atom is 0.122 e. The average Bonchev–Trinajstić information content (AvgIpc) is 3.06. The number of aromatic nitrogens is 1. The predicted molar refractivity (Wildman–Crippen MR) is 100 cm³/mol. The van der Waals surface area contributed by atoms with Gasteiger partial charge >= 0.3 is 0 Å². The van der Waals surface area contributed by atoms with Gasteiger partial charge in [0.05, 0.1) is 11.6 Å². The van der Waals surface area contributed by atoms with Gasteiger partial charge in [-0.05, 0) is 37.1 Å². The molecule has 1 fully saturated rings. The topological polar surface area (TPSA) is 45.6 Å². The number of nitrogens with zero attached hydrogens (tertiary/aromatic N) is 2. The smallest absolute Gasteiger partial charge is 0.122 e. The van der Waals surface area contributed by atoms with Crippen molar-refractivity contribution in [3.8, 4) is 5.75 Å². The molecule has 0 saturated carbocycles. The van der Waals surface area contributed by atoms with E-state index in [2.05, 4.69) is 34.1 Å². The molecule has 1 aliphatic heterocycles. The van der Waals surface area contributed by atoms with Crippen LogP contribution in [0.3, 0.4) is 0 Å². The summed E-state index contributed by atoms with van der Waals surface area (Å²) < 4.78 is 5.93. The van der Waals surface area contributed by atoms with E-state index in [-0.39, 0.29) is 6.10 Å². The molecule has 3 aromatic rings. The zero-order valence-corrected chi connectivity index (χ0v) is 14.4. The first-order valence-electron chi connectivity index (χ1n) is 8.70. The molecule has 0 aliphatic carbocycles. The number of ether oxygens (including phenoxy) is 1. The van der Waals surface area contributed by atoms with Crippen molar-refractivity contribution in [2.24, 2.45) is 0 Å². The number of aliphatic hydroxyl groups excluding tert-OH is 1. The van der Waals surface area contributed by atoms with Crippen LogP contribution in [0.15, 0.2) is 54.6 Å². The molecule has 1 atom stereocenters. The summed E-state index contributed by atoms with van der Waals surface area (Å²) in [5, 5.41) is 11.0. The van der Waals surface area contributed by atoms with Crippen molar-refractivity contribution in [2.45, 2.75) is 26.1 Å². The summed E-state index contributed by atoms with van der Waals surface area (Å²) in [5.41, 5.74) is 4.20. The Morgan fingerprint density at radius 3 is 2.76 bits per heavy atom. The van der Waals surface area contributed by atoms with Crippen LogP contribution < -0.4 is 9.64 Å². The van der Waals surface area contributed by atoms with E-state index in [1.54, 1.807) is 0 Å². The molecular weight excluding hydrogens is 312 g/mol. The van der Waals surface area contributed by atoms with Crippen LogP contribution >= 0.6 is 0 Å². The van der Waals surface area contributed by atoms with Crippen LogP contribution in [0.25, 0.3) is 10.9 Å². The van der Waals surface area contributed by atoms with Crippen molar-refractivity contribution >= 4 is 16.6 Å². The van der Waals surface area contributed by atoms with Crippen LogP contribution in [0.5, 0.6) is 5.75 Å². The number of rotatable bonds is 4. The quantitative estimate of drug-likeness (QED) is 0.790. The van der Waals surface area contributed by atoms with Crippen LogP contribution in [0, 0.1) is 6.92 Å². The SMILES string of the molecule is Cc1cc(N2CCC(O)C2)c2ccc(OCc3ccccc3)cc2n1. The predicted octanol–water partition coefficient (Wildman–Crippen LogP) is 3.69. The first-order chi connectivity index (χ1) is 12.2. The summed E-state index contributed by atoms with van der Waals surface area (Å²) in [6.45, 7) is 4.12. The molecule has 4 rings (SSSR count). The zero-order valence-electron chi connectivity index (χ0n) is 14.4. The van der Waals surface area contributed by atoms with E-state index >= 15 is 0 Å². The molecule has 25 heavy (non-hydrogen) atoms. The van der Waals surface area contributed by atoms with Gasteiger partial charge in [0.2, 0.25) is 0 Å². The second kappa shape index (κ2) is 6.73. The fourth-order valence-corrected chi connectivity index (χ4v) is 3.37. The summed E-state index contributed by atoms with van der Waals surface area (Å²) in [6.07, 6.45) is 0.582. The lowest BCUT2D eigenvalue weighted by Crippen LogP contribution is -2.21. The lowest BCUT2D eigenvalue weighted by Gasteiger charge is -2.20. The molecule has 0 radical (unpaired) electrons. The molecular formula is C21H22N2O2. The first kappa shape index (κ1) is 15.9. The fraction of sp³-hybridized carbons (Fsp3) is 0.286. The third kappa shape index (κ3) is 3.44. The zero-order chi connectivity index (χ0) is 17.2. The molecule has 0 bridgehead atoms. The van der Waals surface area contributed by atoms with E-state index in [0.29, 0.717) is 13.2 Å². The van der Waals surface area contributed by atoms with Crippen molar-refractivity contribution < 1.29 is 9.84 Å². The molecule has 0 amide bonds. The maximum absolute atomic E-state index is 9.85. The second-order valence-corrected chi connectivity index (χ2v) is 6.62. The Balaban J connectivity index is 1.62. The van der Waals surface area contributed by atoms with Gasteiger partial charge in [-0.25, -0.2) is 0 Å². The van der Waals surface area contributed by atoms with Crippen LogP contribution in [0.1, 0.15) is 17.7 Å². The Kier molecular flexibility index (Phi) is 4.28. The minimum Gasteiger partial charge on any atom is -0.489 e. The molecule has 2 aromatic carbocycles. The highest BCUT2D eigenvalue weighted by atomic mass is 16.5. The molecule has 1 saturated heterocycles. The number of aryl methyl sites for hydroxylation is 1. The number of anilines is 1. The Morgan fingerprint density at radius 2 is 2.00 bits per heavy atom. The minimum atomic E-state index is -0.239. The number of aliphatic hydroxyl groups is 1. The summed E-state index contributed by atoms with van der Waals surface area (Å²) in [5.74, 6) is 0.821. The van der Waals surface area contributed by atoms with E-state index in [4.69, 9.17) is 4.74 Å². The van der Waals surface area contributed by atoms with Gasteiger partial charge < -0.3 is 14.7 Å². The highest BCUT2D eigenvalue weighted by Gasteiger charge is 2.22. The number of β-amino-alcohol motifs (C(OH)–C–C–N with tert-alkyl or cyclic N) is 1. The van der Waals surface area contributed by atoms with Gasteiger partial charge in [-0.1, -0.05) is 30.3 Å². The van der Waals surface area contributed by atoms with Crippen molar-refractivity contribution in [3.63, 3.8) is 0 Å². The standard InChI is InChI=1S/C21H22N2O2/c1-15-11-21(23-10-9-17(24)13-23)19-8-7-18(12-20(19)22-15)25-14-16-5-3-2-4-6-16/h2-8,11-12,17,24H,9-10,13-14H2,1H3. The maximum atomic E-state index is 9.85. The molecule has 1 unspecified atom stereocenters. The summed E-state index contributed by atoms with van der Waals surface area (Å²) >= 11 is 0. The average molecular weight is 334 g/mol. The largest absolute Gasteiger partial charge is 0.489 e. The summed E-state index contributed by atoms with van der Waals surface area (Å²) in [7, 11) is 0. The highest BCUT2D eigenvalue weighted by molar-refractivity contribution is 5.93. The third-order valence-electron chi connectivity index (χ3n) is 4.64. The van der Waals surface area contributed by atoms with Gasteiger partial charge in [0, 0.05) is 35.9 Å². The molecule has 2 heterocycles. The minimum absolute atomic E-state index is 0.239. The lowest BCUT2D eigenvalue weighted by atomic mass is 10.1. The fourth-order valence-electron chi connectivity index (χ4n) is 3.37. The van der Waals surface area contributed by atoms with Crippen LogP contribution in [0.2, 0.25) is 0 Å². The Hall–Kier alpha value is -2.59. The molecule has 1 aromatic heterocycles. The lowest BCUT2D eigenvalue weighted by molar-refractivity contribution is 0.198. The molecule has 0 spiro atoms. The monoisotopic (exact) mass is 334 g/mol. The van der Waals surface area contributed by atoms with Crippen LogP contribution in [0.4, 0.5) is 5.69 Å². The van der Waals surface area contributed by atoms with Gasteiger partial charge in [-0.2, -0.15) is 0 Å². The van der Waals surface area contributed by atoms with Gasteiger partial charge in [0.1, 0.15) is 12.4 Å². The molecule has 4 heteroatoms. The van der Waals surface area contributed by atoms with Gasteiger partial charge in [-0.15, -0.1) is 0 Å². The van der Waals surface area contributed by atoms with Gasteiger partial charge in [-0.3, -0.25) is 4.98 Å². The normalized spacial score (nSPS) is 17.2. The molecule has 4 nitrogen and oxygen atoms in total. The summed E-state index contributed by atoms with van der Waals surface area (Å²) in [6, 6.07) is 18.3. The number of hydrogen-bond acceptors (Lipinski definition) is 4. The van der Waals surface area contributed by atoms with E-state index in [9.17, 15) is 5.11 Å². The first-order valence-corrected chi connectivity index (χ1v) is 8.70. The van der Waals surface area contributed by atoms with Crippen LogP contribution in [-0.2, 0) is 6.61 Å². The molecule has 128 valence electrons. The van der Waals surface area contributed by atoms with Crippen molar-refractivity contribution in [3.05, 3.63) is 65.9 Å². The molecule has 1 N–H and O–H groups in total. The Labute approximate surface area is 147 Å². The van der Waals surface area contributed by atoms with Gasteiger partial charge in [0.15, 0.2) is 0 Å². The van der Waals surface area contributed by atoms with E-state index in [1.807, 2.05) is 37.3 Å². The van der Waals surface area contributed by atoms with Crippen molar-refractivity contribution in [2.75, 3.05) is 18.0 Å². The van der Waals surface area contributed by atoms with E-state index in [0.717, 1.165) is 46.6 Å². The number of pyridine rings is 1. The third-order valence-corrected chi connectivity index (χ3v) is 4.64. The Morgan fingerprint density at radius 1 is 1.16 bits per heavy atom. The number of hydrogen-bond donors (Lipinski definition) is 1. The molecule has 1 aliphatic rings. The highest BCUT2D eigenvalue weighted by Crippen LogP contribution is 2.31.